The lowest BCUT2D eigenvalue weighted by atomic mass is 10.2. The summed E-state index contributed by atoms with van der Waals surface area (Å²) in [5.41, 5.74) is 0.0116. The Morgan fingerprint density at radius 3 is 2.20 bits per heavy atom. The molecule has 10 heavy (non-hydrogen) atoms. The maximum Gasteiger partial charge on any atom is 0.110 e. The average Bonchev–Trinajstić information content (AvgIpc) is 1.59. The summed E-state index contributed by atoms with van der Waals surface area (Å²) < 4.78 is 7.20. The van der Waals surface area contributed by atoms with Crippen molar-refractivity contribution in [2.75, 3.05) is 4.43 Å². The predicted molar refractivity (Wildman–Crippen MR) is 62.2 cm³/mol. The van der Waals surface area contributed by atoms with Crippen LogP contribution in [0, 0.1) is 0 Å². The summed E-state index contributed by atoms with van der Waals surface area (Å²) in [5, 5.41) is 0. The van der Waals surface area contributed by atoms with Crippen LogP contribution in [0.5, 0.6) is 0 Å². The van der Waals surface area contributed by atoms with Crippen molar-refractivity contribution >= 4 is 45.2 Å². The Labute approximate surface area is 90.6 Å². The molecule has 0 heterocycles. The monoisotopic (exact) mass is 368 g/mol. The van der Waals surface area contributed by atoms with Gasteiger partial charge in [-0.3, -0.25) is 0 Å². The van der Waals surface area contributed by atoms with Crippen molar-refractivity contribution in [1.82, 2.24) is 0 Å². The van der Waals surface area contributed by atoms with Gasteiger partial charge in [-0.25, -0.2) is 0 Å². The van der Waals surface area contributed by atoms with Crippen LogP contribution in [-0.2, 0) is 4.74 Å². The molecule has 0 rings (SSSR count). The maximum absolute atomic E-state index is 5.66. The highest BCUT2D eigenvalue weighted by Gasteiger charge is 2.14. The molecule has 1 unspecified atom stereocenters. The van der Waals surface area contributed by atoms with Gasteiger partial charge in [0.1, 0.15) is 4.11 Å². The van der Waals surface area contributed by atoms with Crippen LogP contribution >= 0.6 is 45.2 Å². The number of hydrogen-bond donors (Lipinski definition) is 0. The molecule has 0 aromatic rings. The van der Waals surface area contributed by atoms with E-state index in [9.17, 15) is 0 Å². The summed E-state index contributed by atoms with van der Waals surface area (Å²) in [7, 11) is 0. The summed E-state index contributed by atoms with van der Waals surface area (Å²) in [4.78, 5) is 0. The first kappa shape index (κ1) is 11.4. The summed E-state index contributed by atoms with van der Waals surface area (Å²) >= 11 is 4.71. The van der Waals surface area contributed by atoms with Crippen molar-refractivity contribution in [2.45, 2.75) is 36.9 Å². The minimum absolute atomic E-state index is 0.0116. The molecule has 0 amide bonds. The summed E-state index contributed by atoms with van der Waals surface area (Å²) in [6.45, 7) is 6.27. The van der Waals surface area contributed by atoms with Crippen molar-refractivity contribution in [1.29, 1.82) is 0 Å². The molecule has 0 aliphatic carbocycles. The van der Waals surface area contributed by atoms with E-state index in [-0.39, 0.29) is 5.60 Å². The second-order valence-electron chi connectivity index (χ2n) is 3.12. The Morgan fingerprint density at radius 2 is 1.90 bits per heavy atom. The van der Waals surface area contributed by atoms with E-state index in [1.165, 1.54) is 4.43 Å². The van der Waals surface area contributed by atoms with Gasteiger partial charge in [0.05, 0.1) is 5.60 Å². The molecule has 0 N–H and O–H groups in total. The highest BCUT2D eigenvalue weighted by Crippen LogP contribution is 2.18. The van der Waals surface area contributed by atoms with Crippen molar-refractivity contribution in [3.05, 3.63) is 0 Å². The van der Waals surface area contributed by atoms with Gasteiger partial charge < -0.3 is 4.74 Å². The first-order chi connectivity index (χ1) is 4.45. The van der Waals surface area contributed by atoms with E-state index in [0.29, 0.717) is 4.11 Å². The van der Waals surface area contributed by atoms with Crippen LogP contribution in [0.4, 0.5) is 0 Å². The normalized spacial score (nSPS) is 15.3. The second-order valence-corrected chi connectivity index (χ2v) is 5.59. The molecule has 0 bridgehead atoms. The number of rotatable bonds is 3. The van der Waals surface area contributed by atoms with E-state index < -0.39 is 0 Å². The van der Waals surface area contributed by atoms with Crippen LogP contribution in [0.15, 0.2) is 0 Å². The number of halogens is 2. The van der Waals surface area contributed by atoms with Gasteiger partial charge >= 0.3 is 0 Å². The number of alkyl halides is 2. The zero-order valence-corrected chi connectivity index (χ0v) is 11.0. The zero-order chi connectivity index (χ0) is 8.20. The molecule has 0 aromatic carbocycles. The molecule has 1 atom stereocenters. The second kappa shape index (κ2) is 5.13. The fourth-order valence-corrected chi connectivity index (χ4v) is 3.36. The Kier molecular flexibility index (Phi) is 5.86. The molecule has 0 aromatic heterocycles. The summed E-state index contributed by atoms with van der Waals surface area (Å²) in [5.74, 6) is 0. The standard InChI is InChI=1S/C7H14I2O/c1-7(2,3)10-6(9)4-5-8/h6H,4-5H2,1-3H3. The fourth-order valence-electron chi connectivity index (χ4n) is 0.528. The van der Waals surface area contributed by atoms with E-state index in [4.69, 9.17) is 4.74 Å². The third-order valence-corrected chi connectivity index (χ3v) is 2.32. The van der Waals surface area contributed by atoms with Crippen molar-refractivity contribution < 1.29 is 4.74 Å². The quantitative estimate of drug-likeness (QED) is 0.548. The van der Waals surface area contributed by atoms with Crippen LogP contribution in [0.25, 0.3) is 0 Å². The average molecular weight is 368 g/mol. The fraction of sp³-hybridized carbons (Fsp3) is 1.00. The molecule has 0 fully saturated rings. The Bertz CT molecular complexity index is 88.1. The first-order valence-corrected chi connectivity index (χ1v) is 6.10. The molecular weight excluding hydrogens is 354 g/mol. The first-order valence-electron chi connectivity index (χ1n) is 3.33. The van der Waals surface area contributed by atoms with Gasteiger partial charge in [0.2, 0.25) is 0 Å². The van der Waals surface area contributed by atoms with Crippen LogP contribution in [0.1, 0.15) is 27.2 Å². The number of hydrogen-bond acceptors (Lipinski definition) is 1. The van der Waals surface area contributed by atoms with Crippen molar-refractivity contribution in [3.8, 4) is 0 Å². The maximum atomic E-state index is 5.66. The lowest BCUT2D eigenvalue weighted by molar-refractivity contribution is -0.0116. The number of ether oxygens (including phenoxy) is 1. The Balaban J connectivity index is 3.47. The van der Waals surface area contributed by atoms with Gasteiger partial charge in [-0.2, -0.15) is 0 Å². The van der Waals surface area contributed by atoms with Gasteiger partial charge in [-0.05, 0) is 27.2 Å². The van der Waals surface area contributed by atoms with E-state index in [1.807, 2.05) is 0 Å². The minimum atomic E-state index is 0.0116. The zero-order valence-electron chi connectivity index (χ0n) is 6.66. The van der Waals surface area contributed by atoms with Crippen molar-refractivity contribution in [3.63, 3.8) is 0 Å². The molecule has 0 aliphatic rings. The third-order valence-electron chi connectivity index (χ3n) is 0.817. The van der Waals surface area contributed by atoms with Gasteiger partial charge in [-0.15, -0.1) is 0 Å². The van der Waals surface area contributed by atoms with Crippen LogP contribution in [-0.4, -0.2) is 14.1 Å². The molecule has 0 aliphatic heterocycles. The predicted octanol–water partition coefficient (Wildman–Crippen LogP) is 3.39. The topological polar surface area (TPSA) is 9.23 Å². The van der Waals surface area contributed by atoms with E-state index in [1.54, 1.807) is 0 Å². The van der Waals surface area contributed by atoms with Crippen LogP contribution in [0.2, 0.25) is 0 Å². The summed E-state index contributed by atoms with van der Waals surface area (Å²) in [6.07, 6.45) is 1.14. The molecule has 62 valence electrons. The third kappa shape index (κ3) is 7.53. The lowest BCUT2D eigenvalue weighted by Gasteiger charge is -2.23. The molecular formula is C7H14I2O. The smallest absolute Gasteiger partial charge is 0.110 e. The van der Waals surface area contributed by atoms with Gasteiger partial charge in [0.25, 0.3) is 0 Å². The lowest BCUT2D eigenvalue weighted by Crippen LogP contribution is -2.23. The van der Waals surface area contributed by atoms with E-state index in [2.05, 4.69) is 66.0 Å². The molecule has 0 saturated heterocycles. The molecule has 0 radical (unpaired) electrons. The highest BCUT2D eigenvalue weighted by molar-refractivity contribution is 14.1. The molecule has 3 heteroatoms. The highest BCUT2D eigenvalue weighted by atomic mass is 127. The van der Waals surface area contributed by atoms with Gasteiger partial charge in [-0.1, -0.05) is 45.2 Å². The molecule has 0 spiro atoms. The van der Waals surface area contributed by atoms with Gasteiger partial charge in [0, 0.05) is 4.43 Å². The minimum Gasteiger partial charge on any atom is -0.362 e. The van der Waals surface area contributed by atoms with Gasteiger partial charge in [0.15, 0.2) is 0 Å². The SMILES string of the molecule is CC(C)(C)OC(I)CCI. The Morgan fingerprint density at radius 1 is 1.40 bits per heavy atom. The molecule has 0 saturated carbocycles. The summed E-state index contributed by atoms with van der Waals surface area (Å²) in [6, 6.07) is 0. The van der Waals surface area contributed by atoms with E-state index >= 15 is 0 Å². The largest absolute Gasteiger partial charge is 0.362 e. The van der Waals surface area contributed by atoms with Crippen molar-refractivity contribution in [2.24, 2.45) is 0 Å². The van der Waals surface area contributed by atoms with Crippen LogP contribution < -0.4 is 0 Å². The Hall–Kier alpha value is 1.42. The molecule has 1 nitrogen and oxygen atoms in total. The van der Waals surface area contributed by atoms with E-state index in [0.717, 1.165) is 6.42 Å². The van der Waals surface area contributed by atoms with Crippen LogP contribution in [0.3, 0.4) is 0 Å².